The molecule has 1 amide bonds. The molecule has 0 saturated carbocycles. The van der Waals surface area contributed by atoms with Gasteiger partial charge in [-0.1, -0.05) is 45.9 Å². The summed E-state index contributed by atoms with van der Waals surface area (Å²) in [6.45, 7) is 11.5. The molecule has 0 saturated heterocycles. The van der Waals surface area contributed by atoms with Crippen LogP contribution in [-0.2, 0) is 14.3 Å². The van der Waals surface area contributed by atoms with E-state index in [0.29, 0.717) is 42.4 Å². The Kier molecular flexibility index (Phi) is 8.59. The van der Waals surface area contributed by atoms with Gasteiger partial charge < -0.3 is 18.8 Å². The maximum absolute atomic E-state index is 14.0. The molecule has 2 atom stereocenters. The smallest absolute Gasteiger partial charge is 0.321 e. The minimum absolute atomic E-state index is 0.185. The zero-order valence-electron chi connectivity index (χ0n) is 23.3. The van der Waals surface area contributed by atoms with E-state index < -0.39 is 17.9 Å². The number of carbonyl (C=O) groups excluding carboxylic acids is 2. The molecule has 0 spiro atoms. The second-order valence-electron chi connectivity index (χ2n) is 10.6. The molecule has 3 aromatic rings. The van der Waals surface area contributed by atoms with Crippen LogP contribution in [0.5, 0.6) is 11.5 Å². The van der Waals surface area contributed by atoms with Crippen molar-refractivity contribution in [2.24, 2.45) is 17.8 Å². The van der Waals surface area contributed by atoms with E-state index in [1.165, 1.54) is 0 Å². The van der Waals surface area contributed by atoms with Crippen LogP contribution in [0, 0.1) is 17.8 Å². The van der Waals surface area contributed by atoms with E-state index in [9.17, 15) is 9.59 Å². The molecule has 8 nitrogen and oxygen atoms in total. The van der Waals surface area contributed by atoms with Crippen LogP contribution in [0.3, 0.4) is 0 Å². The fourth-order valence-corrected chi connectivity index (χ4v) is 4.84. The average Bonchev–Trinajstić information content (AvgIpc) is 3.26. The number of aromatic nitrogens is 2. The molecule has 1 aliphatic rings. The Morgan fingerprint density at radius 3 is 2.45 bits per heavy atom. The third kappa shape index (κ3) is 5.49. The van der Waals surface area contributed by atoms with Gasteiger partial charge in [0.15, 0.2) is 17.4 Å². The number of hydrogen-bond acceptors (Lipinski definition) is 6. The molecule has 8 heteroatoms. The minimum atomic E-state index is -1.07. The van der Waals surface area contributed by atoms with Crippen LogP contribution in [-0.4, -0.2) is 48.3 Å². The number of carbonyl (C=O) groups is 2. The molecule has 0 aliphatic carbocycles. The van der Waals surface area contributed by atoms with Crippen LogP contribution in [0.15, 0.2) is 42.5 Å². The Labute approximate surface area is 224 Å². The number of anilines is 1. The second kappa shape index (κ2) is 11.9. The Hall–Kier alpha value is -3.55. The summed E-state index contributed by atoms with van der Waals surface area (Å²) in [6, 6.07) is 12.7. The highest BCUT2D eigenvalue weighted by Crippen LogP contribution is 2.43. The highest BCUT2D eigenvalue weighted by atomic mass is 16.5. The number of benzene rings is 2. The monoisotopic (exact) mass is 521 g/mol. The largest absolute Gasteiger partial charge is 0.493 e. The number of para-hydroxylation sites is 2. The molecule has 0 fully saturated rings. The lowest BCUT2D eigenvalue weighted by Gasteiger charge is -2.38. The molecule has 0 N–H and O–H groups in total. The first-order valence-corrected chi connectivity index (χ1v) is 13.5. The molecule has 1 aliphatic heterocycles. The zero-order chi connectivity index (χ0) is 27.4. The first kappa shape index (κ1) is 27.5. The van der Waals surface area contributed by atoms with E-state index in [2.05, 4.69) is 27.7 Å². The Balaban J connectivity index is 1.87. The molecule has 2 aromatic carbocycles. The molecular formula is C30H39N3O5. The molecule has 0 radical (unpaired) electrons. The van der Waals surface area contributed by atoms with Gasteiger partial charge in [0.2, 0.25) is 11.9 Å². The zero-order valence-corrected chi connectivity index (χ0v) is 23.3. The number of nitrogens with zero attached hydrogens (tertiary/aromatic N) is 3. The van der Waals surface area contributed by atoms with Gasteiger partial charge in [-0.25, -0.2) is 4.98 Å². The Morgan fingerprint density at radius 1 is 1.03 bits per heavy atom. The predicted molar refractivity (Wildman–Crippen MR) is 148 cm³/mol. The molecule has 2 heterocycles. The maximum Gasteiger partial charge on any atom is 0.321 e. The van der Waals surface area contributed by atoms with E-state index in [1.807, 2.05) is 47.0 Å². The summed E-state index contributed by atoms with van der Waals surface area (Å²) in [4.78, 5) is 33.9. The topological polar surface area (TPSA) is 82.9 Å². The van der Waals surface area contributed by atoms with Crippen molar-refractivity contribution in [3.05, 3.63) is 48.0 Å². The van der Waals surface area contributed by atoms with Gasteiger partial charge in [0.1, 0.15) is 0 Å². The highest BCUT2D eigenvalue weighted by molar-refractivity contribution is 6.08. The molecular weight excluding hydrogens is 482 g/mol. The fourth-order valence-electron chi connectivity index (χ4n) is 4.84. The van der Waals surface area contributed by atoms with Crippen molar-refractivity contribution in [2.45, 2.75) is 53.5 Å². The molecule has 1 aromatic heterocycles. The van der Waals surface area contributed by atoms with E-state index in [-0.39, 0.29) is 12.5 Å². The maximum atomic E-state index is 14.0. The third-order valence-electron chi connectivity index (χ3n) is 6.90. The minimum Gasteiger partial charge on any atom is -0.493 e. The van der Waals surface area contributed by atoms with Gasteiger partial charge in [-0.05, 0) is 61.4 Å². The quantitative estimate of drug-likeness (QED) is 0.240. The first-order valence-electron chi connectivity index (χ1n) is 13.5. The summed E-state index contributed by atoms with van der Waals surface area (Å²) in [5.74, 6) is 0.709. The van der Waals surface area contributed by atoms with Gasteiger partial charge in [-0.2, -0.15) is 0 Å². The highest BCUT2D eigenvalue weighted by Gasteiger charge is 2.48. The lowest BCUT2D eigenvalue weighted by molar-refractivity contribution is -0.153. The number of ether oxygens (including phenoxy) is 3. The predicted octanol–water partition coefficient (Wildman–Crippen LogP) is 5.63. The van der Waals surface area contributed by atoms with E-state index in [1.54, 1.807) is 18.9 Å². The standard InChI is InChI=1S/C30H39N3O5/c1-7-37-29(35)26-27(21-12-13-24(25(18-21)36-6)38-17-15-20(4)5)33-23-11-9-8-10-22(23)31-30(33)32(28(26)34)16-14-19(2)3/h8-13,18-20,26-27H,7,14-17H2,1-6H3/t26-,27+/m0/s1. The number of imidazole rings is 1. The number of rotatable bonds is 11. The van der Waals surface area contributed by atoms with Crippen molar-refractivity contribution < 1.29 is 23.8 Å². The molecule has 0 bridgehead atoms. The normalized spacial score (nSPS) is 17.3. The van der Waals surface area contributed by atoms with Crippen LogP contribution in [0.2, 0.25) is 0 Å². The van der Waals surface area contributed by atoms with Crippen molar-refractivity contribution in [3.63, 3.8) is 0 Å². The average molecular weight is 522 g/mol. The Bertz CT molecular complexity index is 1280. The van der Waals surface area contributed by atoms with Crippen molar-refractivity contribution in [3.8, 4) is 11.5 Å². The summed E-state index contributed by atoms with van der Waals surface area (Å²) < 4.78 is 19.2. The van der Waals surface area contributed by atoms with Crippen LogP contribution in [0.4, 0.5) is 5.95 Å². The van der Waals surface area contributed by atoms with Gasteiger partial charge >= 0.3 is 5.97 Å². The number of hydrogen-bond donors (Lipinski definition) is 0. The van der Waals surface area contributed by atoms with Gasteiger partial charge in [0, 0.05) is 6.54 Å². The summed E-state index contributed by atoms with van der Waals surface area (Å²) in [7, 11) is 1.59. The van der Waals surface area contributed by atoms with Gasteiger partial charge in [-0.15, -0.1) is 0 Å². The molecule has 0 unspecified atom stereocenters. The number of amides is 1. The summed E-state index contributed by atoms with van der Waals surface area (Å²) in [5.41, 5.74) is 2.36. The lowest BCUT2D eigenvalue weighted by atomic mass is 9.89. The molecule has 4 rings (SSSR count). The molecule has 204 valence electrons. The van der Waals surface area contributed by atoms with Crippen LogP contribution < -0.4 is 14.4 Å². The summed E-state index contributed by atoms with van der Waals surface area (Å²) in [5, 5.41) is 0. The van der Waals surface area contributed by atoms with Crippen molar-refractivity contribution in [1.82, 2.24) is 9.55 Å². The SMILES string of the molecule is CCOC(=O)[C@@H]1C(=O)N(CCC(C)C)c2nc3ccccc3n2[C@@H]1c1ccc(OCCC(C)C)c(OC)c1. The van der Waals surface area contributed by atoms with Crippen LogP contribution in [0.1, 0.15) is 59.1 Å². The summed E-state index contributed by atoms with van der Waals surface area (Å²) >= 11 is 0. The van der Waals surface area contributed by atoms with Crippen LogP contribution in [0.25, 0.3) is 11.0 Å². The van der Waals surface area contributed by atoms with Gasteiger partial charge in [0.05, 0.1) is 37.4 Å². The lowest BCUT2D eigenvalue weighted by Crippen LogP contribution is -2.50. The Morgan fingerprint density at radius 2 is 1.76 bits per heavy atom. The number of methoxy groups -OCH3 is 1. The van der Waals surface area contributed by atoms with Crippen molar-refractivity contribution >= 4 is 28.9 Å². The van der Waals surface area contributed by atoms with E-state index in [0.717, 1.165) is 29.4 Å². The van der Waals surface area contributed by atoms with Gasteiger partial charge in [-0.3, -0.25) is 14.5 Å². The number of fused-ring (bicyclic) bond motifs is 3. The summed E-state index contributed by atoms with van der Waals surface area (Å²) in [6.07, 6.45) is 1.70. The first-order chi connectivity index (χ1) is 18.3. The van der Waals surface area contributed by atoms with Gasteiger partial charge in [0.25, 0.3) is 0 Å². The van der Waals surface area contributed by atoms with E-state index >= 15 is 0 Å². The molecule has 38 heavy (non-hydrogen) atoms. The van der Waals surface area contributed by atoms with Crippen LogP contribution >= 0.6 is 0 Å². The third-order valence-corrected chi connectivity index (χ3v) is 6.90. The van der Waals surface area contributed by atoms with Crippen molar-refractivity contribution in [1.29, 1.82) is 0 Å². The second-order valence-corrected chi connectivity index (χ2v) is 10.6. The number of esters is 1. The van der Waals surface area contributed by atoms with Crippen molar-refractivity contribution in [2.75, 3.05) is 31.8 Å². The van der Waals surface area contributed by atoms with E-state index in [4.69, 9.17) is 19.2 Å². The fraction of sp³-hybridized carbons (Fsp3) is 0.500.